The average Bonchev–Trinajstić information content (AvgIpc) is 2.94. The Bertz CT molecular complexity index is 498. The topological polar surface area (TPSA) is 55.1 Å². The highest BCUT2D eigenvalue weighted by atomic mass is 19.1. The standard InChI is InChI=1S/C14H16F2N2O/c15-9-2-1-3-10(16)13(9)18-14(19)11-7-4-5-8(6-7)12(11)17/h1-3,7-8,11-12H,4-6,17H2,(H,18,19). The summed E-state index contributed by atoms with van der Waals surface area (Å²) in [5.41, 5.74) is 5.67. The van der Waals surface area contributed by atoms with Crippen LogP contribution in [0.2, 0.25) is 0 Å². The quantitative estimate of drug-likeness (QED) is 0.862. The summed E-state index contributed by atoms with van der Waals surface area (Å²) < 4.78 is 27.0. The van der Waals surface area contributed by atoms with Gasteiger partial charge in [-0.2, -0.15) is 0 Å². The summed E-state index contributed by atoms with van der Waals surface area (Å²) in [7, 11) is 0. The van der Waals surface area contributed by atoms with Gasteiger partial charge in [0.05, 0.1) is 5.92 Å². The van der Waals surface area contributed by atoms with Gasteiger partial charge in [0.15, 0.2) is 0 Å². The van der Waals surface area contributed by atoms with Crippen LogP contribution in [0.15, 0.2) is 18.2 Å². The van der Waals surface area contributed by atoms with Gasteiger partial charge in [0, 0.05) is 6.04 Å². The van der Waals surface area contributed by atoms with E-state index in [1.165, 1.54) is 6.07 Å². The number of halogens is 2. The lowest BCUT2D eigenvalue weighted by atomic mass is 9.84. The molecule has 0 heterocycles. The molecule has 19 heavy (non-hydrogen) atoms. The normalized spacial score (nSPS) is 32.6. The highest BCUT2D eigenvalue weighted by Crippen LogP contribution is 2.48. The van der Waals surface area contributed by atoms with Crippen molar-refractivity contribution < 1.29 is 13.6 Å². The molecule has 0 radical (unpaired) electrons. The molecule has 0 spiro atoms. The van der Waals surface area contributed by atoms with Gasteiger partial charge in [0.2, 0.25) is 5.91 Å². The maximum Gasteiger partial charge on any atom is 0.229 e. The van der Waals surface area contributed by atoms with Gasteiger partial charge in [-0.15, -0.1) is 0 Å². The second-order valence-corrected chi connectivity index (χ2v) is 5.52. The molecule has 3 N–H and O–H groups in total. The third-order valence-corrected chi connectivity index (χ3v) is 4.49. The van der Waals surface area contributed by atoms with Gasteiger partial charge in [0.25, 0.3) is 0 Å². The molecule has 2 bridgehead atoms. The molecular formula is C14H16F2N2O. The van der Waals surface area contributed by atoms with Gasteiger partial charge in [-0.1, -0.05) is 6.07 Å². The summed E-state index contributed by atoms with van der Waals surface area (Å²) in [6, 6.07) is 3.33. The van der Waals surface area contributed by atoms with E-state index in [0.717, 1.165) is 31.4 Å². The zero-order chi connectivity index (χ0) is 13.6. The van der Waals surface area contributed by atoms with Crippen LogP contribution < -0.4 is 11.1 Å². The van der Waals surface area contributed by atoms with Crippen molar-refractivity contribution >= 4 is 11.6 Å². The van der Waals surface area contributed by atoms with Crippen molar-refractivity contribution in [2.45, 2.75) is 25.3 Å². The van der Waals surface area contributed by atoms with Crippen LogP contribution in [-0.4, -0.2) is 11.9 Å². The van der Waals surface area contributed by atoms with Gasteiger partial charge in [0.1, 0.15) is 17.3 Å². The fourth-order valence-electron chi connectivity index (χ4n) is 3.55. The Hall–Kier alpha value is -1.49. The number of rotatable bonds is 2. The fraction of sp³-hybridized carbons (Fsp3) is 0.500. The van der Waals surface area contributed by atoms with E-state index in [1.54, 1.807) is 0 Å². The maximum absolute atomic E-state index is 13.5. The third kappa shape index (κ3) is 2.02. The summed E-state index contributed by atoms with van der Waals surface area (Å²) in [6.45, 7) is 0. The first-order chi connectivity index (χ1) is 9.08. The predicted octanol–water partition coefficient (Wildman–Crippen LogP) is 2.28. The van der Waals surface area contributed by atoms with Crippen LogP contribution in [-0.2, 0) is 4.79 Å². The molecule has 0 saturated heterocycles. The molecule has 1 aromatic carbocycles. The van der Waals surface area contributed by atoms with Crippen molar-refractivity contribution in [3.8, 4) is 0 Å². The second-order valence-electron chi connectivity index (χ2n) is 5.52. The number of hydrogen-bond acceptors (Lipinski definition) is 2. The summed E-state index contributed by atoms with van der Waals surface area (Å²) in [5.74, 6) is -1.56. The smallest absolute Gasteiger partial charge is 0.229 e. The number of nitrogens with two attached hydrogens (primary N) is 1. The monoisotopic (exact) mass is 266 g/mol. The minimum atomic E-state index is -0.759. The summed E-state index contributed by atoms with van der Waals surface area (Å²) in [4.78, 5) is 12.2. The van der Waals surface area contributed by atoms with E-state index in [9.17, 15) is 13.6 Å². The molecule has 0 aliphatic heterocycles. The third-order valence-electron chi connectivity index (χ3n) is 4.49. The van der Waals surface area contributed by atoms with Crippen LogP contribution in [0.1, 0.15) is 19.3 Å². The number of fused-ring (bicyclic) bond motifs is 2. The molecule has 102 valence electrons. The molecular weight excluding hydrogens is 250 g/mol. The van der Waals surface area contributed by atoms with E-state index >= 15 is 0 Å². The predicted molar refractivity (Wildman–Crippen MR) is 67.3 cm³/mol. The summed E-state index contributed by atoms with van der Waals surface area (Å²) in [6.07, 6.45) is 3.00. The Balaban J connectivity index is 1.79. The molecule has 1 aromatic rings. The Morgan fingerprint density at radius 2 is 1.84 bits per heavy atom. The molecule has 3 nitrogen and oxygen atoms in total. The van der Waals surface area contributed by atoms with Crippen LogP contribution >= 0.6 is 0 Å². The maximum atomic E-state index is 13.5. The number of nitrogens with one attached hydrogen (secondary N) is 1. The number of hydrogen-bond donors (Lipinski definition) is 2. The van der Waals surface area contributed by atoms with E-state index in [0.29, 0.717) is 5.92 Å². The first-order valence-corrected chi connectivity index (χ1v) is 6.58. The van der Waals surface area contributed by atoms with Gasteiger partial charge >= 0.3 is 0 Å². The van der Waals surface area contributed by atoms with E-state index in [-0.39, 0.29) is 29.5 Å². The Morgan fingerprint density at radius 3 is 2.42 bits per heavy atom. The first kappa shape index (κ1) is 12.5. The van der Waals surface area contributed by atoms with Crippen molar-refractivity contribution in [2.75, 3.05) is 5.32 Å². The minimum Gasteiger partial charge on any atom is -0.327 e. The van der Waals surface area contributed by atoms with E-state index < -0.39 is 11.6 Å². The molecule has 2 aliphatic rings. The molecule has 4 atom stereocenters. The van der Waals surface area contributed by atoms with E-state index in [1.807, 2.05) is 0 Å². The number of amides is 1. The first-order valence-electron chi connectivity index (χ1n) is 6.58. The lowest BCUT2D eigenvalue weighted by Crippen LogP contribution is -2.42. The number of carbonyl (C=O) groups is 1. The Labute approximate surface area is 110 Å². The molecule has 2 saturated carbocycles. The lowest BCUT2D eigenvalue weighted by Gasteiger charge is -2.27. The zero-order valence-electron chi connectivity index (χ0n) is 10.4. The highest BCUT2D eigenvalue weighted by molar-refractivity contribution is 5.93. The molecule has 3 rings (SSSR count). The zero-order valence-corrected chi connectivity index (χ0v) is 10.4. The van der Waals surface area contributed by atoms with Gasteiger partial charge in [-0.25, -0.2) is 8.78 Å². The summed E-state index contributed by atoms with van der Waals surface area (Å²) in [5, 5.41) is 2.37. The number of benzene rings is 1. The fourth-order valence-corrected chi connectivity index (χ4v) is 3.55. The molecule has 2 fully saturated rings. The molecule has 4 unspecified atom stereocenters. The van der Waals surface area contributed by atoms with Crippen LogP contribution in [0.25, 0.3) is 0 Å². The van der Waals surface area contributed by atoms with Crippen molar-refractivity contribution in [1.82, 2.24) is 0 Å². The largest absolute Gasteiger partial charge is 0.327 e. The lowest BCUT2D eigenvalue weighted by molar-refractivity contribution is -0.121. The Kier molecular flexibility index (Phi) is 3.01. The van der Waals surface area contributed by atoms with E-state index in [4.69, 9.17) is 5.73 Å². The SMILES string of the molecule is NC1C2CCC(C2)C1C(=O)Nc1c(F)cccc1F. The molecule has 5 heteroatoms. The van der Waals surface area contributed by atoms with Gasteiger partial charge in [-0.05, 0) is 43.2 Å². The van der Waals surface area contributed by atoms with Gasteiger partial charge < -0.3 is 11.1 Å². The van der Waals surface area contributed by atoms with Crippen molar-refractivity contribution in [3.05, 3.63) is 29.8 Å². The second kappa shape index (κ2) is 4.56. The van der Waals surface area contributed by atoms with Crippen molar-refractivity contribution in [2.24, 2.45) is 23.5 Å². The minimum absolute atomic E-state index is 0.186. The van der Waals surface area contributed by atoms with Crippen LogP contribution in [0.5, 0.6) is 0 Å². The van der Waals surface area contributed by atoms with Crippen LogP contribution in [0.4, 0.5) is 14.5 Å². The number of carbonyl (C=O) groups excluding carboxylic acids is 1. The molecule has 2 aliphatic carbocycles. The molecule has 1 amide bonds. The van der Waals surface area contributed by atoms with Crippen molar-refractivity contribution in [3.63, 3.8) is 0 Å². The average molecular weight is 266 g/mol. The number of para-hydroxylation sites is 1. The highest BCUT2D eigenvalue weighted by Gasteiger charge is 2.49. The van der Waals surface area contributed by atoms with Gasteiger partial charge in [-0.3, -0.25) is 4.79 Å². The van der Waals surface area contributed by atoms with Crippen molar-refractivity contribution in [1.29, 1.82) is 0 Å². The van der Waals surface area contributed by atoms with Crippen LogP contribution in [0, 0.1) is 29.4 Å². The summed E-state index contributed by atoms with van der Waals surface area (Å²) >= 11 is 0. The Morgan fingerprint density at radius 1 is 1.21 bits per heavy atom. The van der Waals surface area contributed by atoms with E-state index in [2.05, 4.69) is 5.32 Å². The number of anilines is 1. The van der Waals surface area contributed by atoms with Crippen LogP contribution in [0.3, 0.4) is 0 Å². The molecule has 0 aromatic heterocycles.